The first-order valence-corrected chi connectivity index (χ1v) is 7.55. The maximum absolute atomic E-state index is 6.15. The monoisotopic (exact) mass is 287 g/mol. The van der Waals surface area contributed by atoms with E-state index in [1.807, 2.05) is 13.0 Å². The smallest absolute Gasteiger partial charge is 0.0438 e. The van der Waals surface area contributed by atoms with Gasteiger partial charge in [-0.2, -0.15) is 0 Å². The lowest BCUT2D eigenvalue weighted by molar-refractivity contribution is 0.574. The third kappa shape index (κ3) is 3.84. The second-order valence-electron chi connectivity index (χ2n) is 5.28. The molecule has 106 valence electrons. The Hall–Kier alpha value is -1.31. The fraction of sp³-hybridized carbons (Fsp3) is 0.333. The van der Waals surface area contributed by atoms with Crippen molar-refractivity contribution < 1.29 is 0 Å². The Morgan fingerprint density at radius 1 is 1.05 bits per heavy atom. The SMILES string of the molecule is CCc1ccc(C(C)NCc2ccc(C)c(Cl)c2)cc1. The first-order valence-electron chi connectivity index (χ1n) is 7.17. The molecular formula is C18H22ClN. The van der Waals surface area contributed by atoms with Crippen molar-refractivity contribution in [1.82, 2.24) is 5.32 Å². The number of benzene rings is 2. The van der Waals surface area contributed by atoms with E-state index in [0.29, 0.717) is 6.04 Å². The van der Waals surface area contributed by atoms with Crippen molar-refractivity contribution in [2.45, 2.75) is 39.8 Å². The molecule has 0 spiro atoms. The van der Waals surface area contributed by atoms with Gasteiger partial charge in [0.1, 0.15) is 0 Å². The van der Waals surface area contributed by atoms with E-state index in [2.05, 4.69) is 55.6 Å². The summed E-state index contributed by atoms with van der Waals surface area (Å²) >= 11 is 6.15. The van der Waals surface area contributed by atoms with Gasteiger partial charge in [-0.05, 0) is 48.6 Å². The first kappa shape index (κ1) is 15.1. The zero-order chi connectivity index (χ0) is 14.5. The maximum atomic E-state index is 6.15. The van der Waals surface area contributed by atoms with Crippen LogP contribution in [0.15, 0.2) is 42.5 Å². The molecule has 2 heteroatoms. The largest absolute Gasteiger partial charge is 0.306 e. The van der Waals surface area contributed by atoms with Gasteiger partial charge in [0.25, 0.3) is 0 Å². The van der Waals surface area contributed by atoms with Crippen molar-refractivity contribution in [3.05, 3.63) is 69.7 Å². The second kappa shape index (κ2) is 6.92. The lowest BCUT2D eigenvalue weighted by Gasteiger charge is -2.15. The van der Waals surface area contributed by atoms with E-state index in [1.165, 1.54) is 16.7 Å². The van der Waals surface area contributed by atoms with E-state index < -0.39 is 0 Å². The van der Waals surface area contributed by atoms with Crippen molar-refractivity contribution in [3.8, 4) is 0 Å². The third-order valence-electron chi connectivity index (χ3n) is 3.74. The van der Waals surface area contributed by atoms with Crippen LogP contribution < -0.4 is 5.32 Å². The topological polar surface area (TPSA) is 12.0 Å². The van der Waals surface area contributed by atoms with Crippen LogP contribution in [0.2, 0.25) is 5.02 Å². The number of halogens is 1. The Kier molecular flexibility index (Phi) is 5.22. The zero-order valence-electron chi connectivity index (χ0n) is 12.4. The summed E-state index contributed by atoms with van der Waals surface area (Å²) in [5.41, 5.74) is 5.04. The molecule has 0 radical (unpaired) electrons. The molecule has 0 saturated carbocycles. The standard InChI is InChI=1S/C18H22ClN/c1-4-15-7-9-17(10-8-15)14(3)20-12-16-6-5-13(2)18(19)11-16/h5-11,14,20H,4,12H2,1-3H3. The Morgan fingerprint density at radius 3 is 2.30 bits per heavy atom. The molecule has 0 heterocycles. The number of hydrogen-bond acceptors (Lipinski definition) is 1. The van der Waals surface area contributed by atoms with E-state index in [4.69, 9.17) is 11.6 Å². The van der Waals surface area contributed by atoms with E-state index in [9.17, 15) is 0 Å². The second-order valence-corrected chi connectivity index (χ2v) is 5.69. The lowest BCUT2D eigenvalue weighted by Crippen LogP contribution is -2.18. The highest BCUT2D eigenvalue weighted by atomic mass is 35.5. The van der Waals surface area contributed by atoms with Crippen LogP contribution in [0.1, 0.15) is 42.1 Å². The van der Waals surface area contributed by atoms with E-state index in [-0.39, 0.29) is 0 Å². The number of aryl methyl sites for hydroxylation is 2. The fourth-order valence-corrected chi connectivity index (χ4v) is 2.38. The molecule has 1 unspecified atom stereocenters. The third-order valence-corrected chi connectivity index (χ3v) is 4.14. The predicted octanol–water partition coefficient (Wildman–Crippen LogP) is 5.06. The van der Waals surface area contributed by atoms with E-state index in [1.54, 1.807) is 0 Å². The summed E-state index contributed by atoms with van der Waals surface area (Å²) in [6.45, 7) is 7.22. The summed E-state index contributed by atoms with van der Waals surface area (Å²) in [5.74, 6) is 0. The average molecular weight is 288 g/mol. The van der Waals surface area contributed by atoms with Crippen LogP contribution in [0.3, 0.4) is 0 Å². The highest BCUT2D eigenvalue weighted by Crippen LogP contribution is 2.18. The minimum Gasteiger partial charge on any atom is -0.306 e. The fourth-order valence-electron chi connectivity index (χ4n) is 2.18. The summed E-state index contributed by atoms with van der Waals surface area (Å²) in [6.07, 6.45) is 1.09. The highest BCUT2D eigenvalue weighted by molar-refractivity contribution is 6.31. The quantitative estimate of drug-likeness (QED) is 0.810. The van der Waals surface area contributed by atoms with Crippen molar-refractivity contribution in [2.24, 2.45) is 0 Å². The van der Waals surface area contributed by atoms with Crippen LogP contribution in [0.25, 0.3) is 0 Å². The minimum absolute atomic E-state index is 0.334. The molecule has 0 amide bonds. The molecule has 0 aliphatic carbocycles. The Bertz CT molecular complexity index is 560. The van der Waals surface area contributed by atoms with E-state index >= 15 is 0 Å². The molecule has 2 aromatic rings. The molecule has 0 aliphatic heterocycles. The number of rotatable bonds is 5. The maximum Gasteiger partial charge on any atom is 0.0438 e. The molecule has 0 saturated heterocycles. The minimum atomic E-state index is 0.334. The van der Waals surface area contributed by atoms with Crippen molar-refractivity contribution in [1.29, 1.82) is 0 Å². The Labute approximate surface area is 127 Å². The van der Waals surface area contributed by atoms with Gasteiger partial charge >= 0.3 is 0 Å². The van der Waals surface area contributed by atoms with Crippen LogP contribution in [-0.4, -0.2) is 0 Å². The van der Waals surface area contributed by atoms with Crippen LogP contribution in [0, 0.1) is 6.92 Å². The molecule has 20 heavy (non-hydrogen) atoms. The van der Waals surface area contributed by atoms with Crippen molar-refractivity contribution in [2.75, 3.05) is 0 Å². The van der Waals surface area contributed by atoms with Crippen LogP contribution in [0.4, 0.5) is 0 Å². The predicted molar refractivity (Wildman–Crippen MR) is 87.3 cm³/mol. The molecule has 0 fully saturated rings. The lowest BCUT2D eigenvalue weighted by atomic mass is 10.0. The Morgan fingerprint density at radius 2 is 1.70 bits per heavy atom. The van der Waals surface area contributed by atoms with E-state index in [0.717, 1.165) is 23.6 Å². The molecule has 2 aromatic carbocycles. The zero-order valence-corrected chi connectivity index (χ0v) is 13.2. The normalized spacial score (nSPS) is 12.4. The molecule has 0 bridgehead atoms. The number of nitrogens with one attached hydrogen (secondary N) is 1. The summed E-state index contributed by atoms with van der Waals surface area (Å²) in [5, 5.41) is 4.38. The van der Waals surface area contributed by atoms with Crippen molar-refractivity contribution >= 4 is 11.6 Å². The summed E-state index contributed by atoms with van der Waals surface area (Å²) < 4.78 is 0. The van der Waals surface area contributed by atoms with Gasteiger partial charge in [-0.25, -0.2) is 0 Å². The molecular weight excluding hydrogens is 266 g/mol. The van der Waals surface area contributed by atoms with Crippen LogP contribution in [-0.2, 0) is 13.0 Å². The van der Waals surface area contributed by atoms with Gasteiger partial charge in [-0.1, -0.05) is 54.9 Å². The van der Waals surface area contributed by atoms with Gasteiger partial charge in [0, 0.05) is 17.6 Å². The van der Waals surface area contributed by atoms with Gasteiger partial charge < -0.3 is 5.32 Å². The molecule has 0 aliphatic rings. The average Bonchev–Trinajstić information content (AvgIpc) is 2.48. The van der Waals surface area contributed by atoms with Gasteiger partial charge in [-0.15, -0.1) is 0 Å². The highest BCUT2D eigenvalue weighted by Gasteiger charge is 2.05. The molecule has 1 atom stereocenters. The van der Waals surface area contributed by atoms with Gasteiger partial charge in [0.2, 0.25) is 0 Å². The summed E-state index contributed by atoms with van der Waals surface area (Å²) in [4.78, 5) is 0. The first-order chi connectivity index (χ1) is 9.60. The van der Waals surface area contributed by atoms with Gasteiger partial charge in [0.05, 0.1) is 0 Å². The van der Waals surface area contributed by atoms with Crippen molar-refractivity contribution in [3.63, 3.8) is 0 Å². The van der Waals surface area contributed by atoms with Gasteiger partial charge in [0.15, 0.2) is 0 Å². The molecule has 1 N–H and O–H groups in total. The molecule has 2 rings (SSSR count). The van der Waals surface area contributed by atoms with Gasteiger partial charge in [-0.3, -0.25) is 0 Å². The Balaban J connectivity index is 1.96. The van der Waals surface area contributed by atoms with Crippen LogP contribution >= 0.6 is 11.6 Å². The molecule has 1 nitrogen and oxygen atoms in total. The number of hydrogen-bond donors (Lipinski definition) is 1. The molecule has 0 aromatic heterocycles. The summed E-state index contributed by atoms with van der Waals surface area (Å²) in [6, 6.07) is 15.4. The van der Waals surface area contributed by atoms with Crippen LogP contribution in [0.5, 0.6) is 0 Å². The summed E-state index contributed by atoms with van der Waals surface area (Å²) in [7, 11) is 0.